The molecule has 0 aromatic heterocycles. The van der Waals surface area contributed by atoms with Crippen LogP contribution in [0.4, 0.5) is 0 Å². The van der Waals surface area contributed by atoms with Gasteiger partial charge in [0.05, 0.1) is 13.2 Å². The highest BCUT2D eigenvalue weighted by atomic mass is 16.5. The van der Waals surface area contributed by atoms with E-state index in [-0.39, 0.29) is 11.9 Å². The summed E-state index contributed by atoms with van der Waals surface area (Å²) in [4.78, 5) is 14.3. The van der Waals surface area contributed by atoms with E-state index >= 15 is 0 Å². The molecule has 0 radical (unpaired) electrons. The number of amides is 1. The number of benzene rings is 1. The predicted molar refractivity (Wildman–Crippen MR) is 89.1 cm³/mol. The normalized spacial score (nSPS) is 17.0. The van der Waals surface area contributed by atoms with E-state index < -0.39 is 0 Å². The monoisotopic (exact) mass is 304 g/mol. The number of piperidine rings is 1. The summed E-state index contributed by atoms with van der Waals surface area (Å²) in [5.74, 6) is 1.04. The number of carbonyl (C=O) groups excluding carboxylic acids is 1. The standard InChI is InChI=1S/C18H28N2O2/c1-3-9-18(21)19-14-16(20-12-7-4-8-13-20)15-10-5-6-11-17(15)22-2/h5-6,10-11,16H,3-4,7-9,12-14H2,1-2H3,(H,19,21). The van der Waals surface area contributed by atoms with E-state index in [0.29, 0.717) is 13.0 Å². The van der Waals surface area contributed by atoms with Gasteiger partial charge in [0.2, 0.25) is 5.91 Å². The molecular weight excluding hydrogens is 276 g/mol. The highest BCUT2D eigenvalue weighted by molar-refractivity contribution is 5.75. The summed E-state index contributed by atoms with van der Waals surface area (Å²) in [7, 11) is 1.71. The highest BCUT2D eigenvalue weighted by Crippen LogP contribution is 2.30. The summed E-state index contributed by atoms with van der Waals surface area (Å²) in [5.41, 5.74) is 1.17. The van der Waals surface area contributed by atoms with Crippen molar-refractivity contribution >= 4 is 5.91 Å². The van der Waals surface area contributed by atoms with E-state index in [9.17, 15) is 4.79 Å². The maximum absolute atomic E-state index is 11.9. The highest BCUT2D eigenvalue weighted by Gasteiger charge is 2.25. The van der Waals surface area contributed by atoms with Crippen molar-refractivity contribution < 1.29 is 9.53 Å². The number of ether oxygens (including phenoxy) is 1. The summed E-state index contributed by atoms with van der Waals surface area (Å²) in [5, 5.41) is 3.09. The van der Waals surface area contributed by atoms with Crippen molar-refractivity contribution in [3.63, 3.8) is 0 Å². The van der Waals surface area contributed by atoms with Crippen LogP contribution in [0, 0.1) is 0 Å². The van der Waals surface area contributed by atoms with E-state index in [1.807, 2.05) is 25.1 Å². The van der Waals surface area contributed by atoms with Gasteiger partial charge in [0.15, 0.2) is 0 Å². The molecule has 1 atom stereocenters. The van der Waals surface area contributed by atoms with Gasteiger partial charge in [-0.15, -0.1) is 0 Å². The third kappa shape index (κ3) is 4.47. The molecule has 1 amide bonds. The van der Waals surface area contributed by atoms with Crippen molar-refractivity contribution in [2.75, 3.05) is 26.7 Å². The molecule has 1 heterocycles. The molecule has 1 aromatic carbocycles. The van der Waals surface area contributed by atoms with Crippen LogP contribution in [0.15, 0.2) is 24.3 Å². The Bertz CT molecular complexity index is 470. The minimum Gasteiger partial charge on any atom is -0.496 e. The van der Waals surface area contributed by atoms with Gasteiger partial charge in [0, 0.05) is 18.5 Å². The Kier molecular flexibility index (Phi) is 6.72. The first kappa shape index (κ1) is 16.8. The molecule has 122 valence electrons. The number of likely N-dealkylation sites (tertiary alicyclic amines) is 1. The molecule has 4 heteroatoms. The van der Waals surface area contributed by atoms with E-state index in [1.54, 1.807) is 7.11 Å². The Morgan fingerprint density at radius 2 is 2.00 bits per heavy atom. The molecule has 4 nitrogen and oxygen atoms in total. The fourth-order valence-corrected chi connectivity index (χ4v) is 3.13. The van der Waals surface area contributed by atoms with Crippen LogP contribution >= 0.6 is 0 Å². The van der Waals surface area contributed by atoms with Crippen molar-refractivity contribution in [2.24, 2.45) is 0 Å². The second-order valence-electron chi connectivity index (χ2n) is 5.91. The molecule has 1 unspecified atom stereocenters. The van der Waals surface area contributed by atoms with Crippen LogP contribution in [0.2, 0.25) is 0 Å². The molecule has 0 aliphatic carbocycles. The van der Waals surface area contributed by atoms with Crippen molar-refractivity contribution in [1.29, 1.82) is 0 Å². The fourth-order valence-electron chi connectivity index (χ4n) is 3.13. The van der Waals surface area contributed by atoms with Gasteiger partial charge in [-0.1, -0.05) is 31.5 Å². The van der Waals surface area contributed by atoms with Gasteiger partial charge in [-0.2, -0.15) is 0 Å². The molecule has 1 saturated heterocycles. The number of para-hydroxylation sites is 1. The van der Waals surface area contributed by atoms with Gasteiger partial charge >= 0.3 is 0 Å². The molecule has 0 bridgehead atoms. The van der Waals surface area contributed by atoms with Gasteiger partial charge < -0.3 is 10.1 Å². The second-order valence-corrected chi connectivity index (χ2v) is 5.91. The van der Waals surface area contributed by atoms with Crippen molar-refractivity contribution in [2.45, 2.75) is 45.1 Å². The number of nitrogens with zero attached hydrogens (tertiary/aromatic N) is 1. The molecule has 2 rings (SSSR count). The lowest BCUT2D eigenvalue weighted by Crippen LogP contribution is -2.40. The molecule has 1 aromatic rings. The van der Waals surface area contributed by atoms with Gasteiger partial charge in [-0.05, 0) is 38.4 Å². The number of nitrogens with one attached hydrogen (secondary N) is 1. The second kappa shape index (κ2) is 8.79. The van der Waals surface area contributed by atoms with Gasteiger partial charge in [-0.25, -0.2) is 0 Å². The molecule has 1 aliphatic heterocycles. The Morgan fingerprint density at radius 3 is 2.68 bits per heavy atom. The Hall–Kier alpha value is -1.55. The van der Waals surface area contributed by atoms with Crippen LogP contribution in [-0.4, -0.2) is 37.6 Å². The van der Waals surface area contributed by atoms with Crippen LogP contribution in [0.3, 0.4) is 0 Å². The largest absolute Gasteiger partial charge is 0.496 e. The Morgan fingerprint density at radius 1 is 1.27 bits per heavy atom. The topological polar surface area (TPSA) is 41.6 Å². The number of hydrogen-bond donors (Lipinski definition) is 1. The smallest absolute Gasteiger partial charge is 0.220 e. The fraction of sp³-hybridized carbons (Fsp3) is 0.611. The molecule has 1 aliphatic rings. The van der Waals surface area contributed by atoms with E-state index in [1.165, 1.54) is 24.8 Å². The summed E-state index contributed by atoms with van der Waals surface area (Å²) in [6.07, 6.45) is 5.24. The van der Waals surface area contributed by atoms with Crippen LogP contribution in [0.5, 0.6) is 5.75 Å². The van der Waals surface area contributed by atoms with Gasteiger partial charge in [0.1, 0.15) is 5.75 Å². The zero-order valence-electron chi connectivity index (χ0n) is 13.8. The van der Waals surface area contributed by atoms with Crippen molar-refractivity contribution in [1.82, 2.24) is 10.2 Å². The first-order valence-corrected chi connectivity index (χ1v) is 8.40. The number of hydrogen-bond acceptors (Lipinski definition) is 3. The first-order chi connectivity index (χ1) is 10.8. The lowest BCUT2D eigenvalue weighted by Gasteiger charge is -2.35. The maximum Gasteiger partial charge on any atom is 0.220 e. The van der Waals surface area contributed by atoms with Crippen molar-refractivity contribution in [3.05, 3.63) is 29.8 Å². The molecule has 0 saturated carbocycles. The molecule has 0 spiro atoms. The molecular formula is C18H28N2O2. The molecule has 1 fully saturated rings. The lowest BCUT2D eigenvalue weighted by atomic mass is 10.0. The van der Waals surface area contributed by atoms with Crippen LogP contribution < -0.4 is 10.1 Å². The predicted octanol–water partition coefficient (Wildman–Crippen LogP) is 3.14. The minimum atomic E-state index is 0.138. The zero-order valence-corrected chi connectivity index (χ0v) is 13.8. The lowest BCUT2D eigenvalue weighted by molar-refractivity contribution is -0.121. The minimum absolute atomic E-state index is 0.138. The van der Waals surface area contributed by atoms with Crippen LogP contribution in [0.1, 0.15) is 50.6 Å². The van der Waals surface area contributed by atoms with Crippen LogP contribution in [-0.2, 0) is 4.79 Å². The summed E-state index contributed by atoms with van der Waals surface area (Å²) in [6, 6.07) is 8.34. The Labute approximate surface area is 133 Å². The summed E-state index contributed by atoms with van der Waals surface area (Å²) >= 11 is 0. The quantitative estimate of drug-likeness (QED) is 0.841. The number of rotatable bonds is 7. The van der Waals surface area contributed by atoms with E-state index in [4.69, 9.17) is 4.74 Å². The maximum atomic E-state index is 11.9. The first-order valence-electron chi connectivity index (χ1n) is 8.40. The van der Waals surface area contributed by atoms with Gasteiger partial charge in [0.25, 0.3) is 0 Å². The van der Waals surface area contributed by atoms with E-state index in [0.717, 1.165) is 25.3 Å². The zero-order chi connectivity index (χ0) is 15.8. The number of carbonyl (C=O) groups is 1. The third-order valence-corrected chi connectivity index (χ3v) is 4.30. The molecule has 22 heavy (non-hydrogen) atoms. The average molecular weight is 304 g/mol. The van der Waals surface area contributed by atoms with E-state index in [2.05, 4.69) is 16.3 Å². The summed E-state index contributed by atoms with van der Waals surface area (Å²) in [6.45, 7) is 4.86. The number of methoxy groups -OCH3 is 1. The third-order valence-electron chi connectivity index (χ3n) is 4.30. The van der Waals surface area contributed by atoms with Crippen LogP contribution in [0.25, 0.3) is 0 Å². The Balaban J connectivity index is 2.14. The average Bonchev–Trinajstić information content (AvgIpc) is 2.57. The SMILES string of the molecule is CCCC(=O)NCC(c1ccccc1OC)N1CCCCC1. The molecule has 1 N–H and O–H groups in total. The van der Waals surface area contributed by atoms with Gasteiger partial charge in [-0.3, -0.25) is 9.69 Å². The summed E-state index contributed by atoms with van der Waals surface area (Å²) < 4.78 is 5.53. The van der Waals surface area contributed by atoms with Crippen molar-refractivity contribution in [3.8, 4) is 5.75 Å².